The van der Waals surface area contributed by atoms with Gasteiger partial charge in [-0.2, -0.15) is 0 Å². The van der Waals surface area contributed by atoms with Crippen LogP contribution < -0.4 is 14.8 Å². The molecule has 3 heterocycles. The first-order chi connectivity index (χ1) is 14.0. The van der Waals surface area contributed by atoms with Crippen molar-refractivity contribution in [2.45, 2.75) is 4.90 Å². The van der Waals surface area contributed by atoms with E-state index in [4.69, 9.17) is 9.47 Å². The van der Waals surface area contributed by atoms with Crippen molar-refractivity contribution in [3.05, 3.63) is 72.7 Å². The quantitative estimate of drug-likeness (QED) is 0.539. The van der Waals surface area contributed by atoms with Gasteiger partial charge in [-0.05, 0) is 42.5 Å². The van der Waals surface area contributed by atoms with Gasteiger partial charge in [0.1, 0.15) is 0 Å². The van der Waals surface area contributed by atoms with Gasteiger partial charge in [-0.1, -0.05) is 0 Å². The summed E-state index contributed by atoms with van der Waals surface area (Å²) < 4.78 is 37.4. The molecule has 1 amide bonds. The second-order valence-corrected chi connectivity index (χ2v) is 8.33. The summed E-state index contributed by atoms with van der Waals surface area (Å²) in [4.78, 5) is 15.7. The number of aromatic nitrogens is 2. The lowest BCUT2D eigenvalue weighted by molar-refractivity contribution is 0.102. The SMILES string of the molecule is O=C(Nc1ccc2c(c1)OCO2)c1ccn(S(=O)(=O)c2ccc3[nH]ccc3c2)c1. The van der Waals surface area contributed by atoms with Crippen molar-refractivity contribution in [1.82, 2.24) is 8.96 Å². The van der Waals surface area contributed by atoms with Gasteiger partial charge in [-0.15, -0.1) is 0 Å². The molecule has 2 aromatic heterocycles. The van der Waals surface area contributed by atoms with Crippen LogP contribution in [0.15, 0.2) is 72.0 Å². The van der Waals surface area contributed by atoms with Crippen LogP contribution in [-0.2, 0) is 10.0 Å². The van der Waals surface area contributed by atoms with Crippen LogP contribution >= 0.6 is 0 Å². The summed E-state index contributed by atoms with van der Waals surface area (Å²) in [6, 6.07) is 13.1. The van der Waals surface area contributed by atoms with Crippen LogP contribution in [0.3, 0.4) is 0 Å². The molecule has 2 aromatic carbocycles. The van der Waals surface area contributed by atoms with Gasteiger partial charge in [-0.3, -0.25) is 4.79 Å². The highest BCUT2D eigenvalue weighted by Gasteiger charge is 2.20. The van der Waals surface area contributed by atoms with E-state index in [0.29, 0.717) is 17.2 Å². The first-order valence-corrected chi connectivity index (χ1v) is 10.2. The highest BCUT2D eigenvalue weighted by Crippen LogP contribution is 2.34. The minimum absolute atomic E-state index is 0.141. The number of anilines is 1. The first kappa shape index (κ1) is 17.4. The normalized spacial score (nSPS) is 13.0. The second-order valence-electron chi connectivity index (χ2n) is 6.48. The third kappa shape index (κ3) is 3.01. The third-order valence-corrected chi connectivity index (χ3v) is 6.29. The van der Waals surface area contributed by atoms with E-state index in [0.717, 1.165) is 14.9 Å². The monoisotopic (exact) mass is 409 g/mol. The highest BCUT2D eigenvalue weighted by molar-refractivity contribution is 7.90. The van der Waals surface area contributed by atoms with Crippen molar-refractivity contribution in [3.8, 4) is 11.5 Å². The number of hydrogen-bond acceptors (Lipinski definition) is 5. The number of H-pyrrole nitrogens is 1. The lowest BCUT2D eigenvalue weighted by Crippen LogP contribution is -2.13. The fraction of sp³-hybridized carbons (Fsp3) is 0.0500. The molecule has 29 heavy (non-hydrogen) atoms. The zero-order valence-electron chi connectivity index (χ0n) is 15.0. The minimum atomic E-state index is -3.82. The number of nitrogens with one attached hydrogen (secondary N) is 2. The Bertz CT molecular complexity index is 1350. The molecule has 9 heteroatoms. The predicted molar refractivity (Wildman–Crippen MR) is 106 cm³/mol. The van der Waals surface area contributed by atoms with Crippen LogP contribution in [0.1, 0.15) is 10.4 Å². The molecule has 0 unspecified atom stereocenters. The molecule has 0 atom stereocenters. The van der Waals surface area contributed by atoms with E-state index in [1.165, 1.54) is 24.5 Å². The molecule has 146 valence electrons. The van der Waals surface area contributed by atoms with Gasteiger partial charge in [0.2, 0.25) is 6.79 Å². The van der Waals surface area contributed by atoms with Gasteiger partial charge in [0.25, 0.3) is 15.9 Å². The Hall–Kier alpha value is -3.72. The molecule has 0 saturated carbocycles. The standard InChI is InChI=1S/C20H15N3O5S/c24-20(22-15-1-4-18-19(10-15)28-12-27-18)14-6-8-23(11-14)29(25,26)16-2-3-17-13(9-16)5-7-21-17/h1-11,21H,12H2,(H,22,24). The van der Waals surface area contributed by atoms with E-state index < -0.39 is 15.9 Å². The molecule has 0 saturated heterocycles. The predicted octanol–water partition coefficient (Wildman–Crippen LogP) is 3.19. The number of fused-ring (bicyclic) bond motifs is 2. The van der Waals surface area contributed by atoms with Gasteiger partial charge >= 0.3 is 0 Å². The van der Waals surface area contributed by atoms with Crippen LogP contribution in [0.2, 0.25) is 0 Å². The molecule has 0 aliphatic carbocycles. The van der Waals surface area contributed by atoms with Gasteiger partial charge < -0.3 is 19.8 Å². The van der Waals surface area contributed by atoms with Crippen molar-refractivity contribution >= 4 is 32.5 Å². The summed E-state index contributed by atoms with van der Waals surface area (Å²) in [5, 5.41) is 3.52. The zero-order valence-corrected chi connectivity index (χ0v) is 15.8. The number of rotatable bonds is 4. The van der Waals surface area contributed by atoms with Crippen molar-refractivity contribution in [2.24, 2.45) is 0 Å². The molecule has 1 aliphatic rings. The summed E-state index contributed by atoms with van der Waals surface area (Å²) in [5.41, 5.74) is 1.59. The summed E-state index contributed by atoms with van der Waals surface area (Å²) in [5.74, 6) is 0.724. The first-order valence-electron chi connectivity index (χ1n) is 8.72. The highest BCUT2D eigenvalue weighted by atomic mass is 32.2. The minimum Gasteiger partial charge on any atom is -0.454 e. The Labute approximate surface area is 165 Å². The second kappa shape index (κ2) is 6.42. The summed E-state index contributed by atoms with van der Waals surface area (Å²) in [6.07, 6.45) is 4.39. The summed E-state index contributed by atoms with van der Waals surface area (Å²) >= 11 is 0. The van der Waals surface area contributed by atoms with Crippen LogP contribution in [-0.4, -0.2) is 30.1 Å². The molecule has 0 radical (unpaired) electrons. The van der Waals surface area contributed by atoms with Gasteiger partial charge in [0.15, 0.2) is 11.5 Å². The molecule has 0 fully saturated rings. The third-order valence-electron chi connectivity index (χ3n) is 4.66. The van der Waals surface area contributed by atoms with Crippen molar-refractivity contribution < 1.29 is 22.7 Å². The van der Waals surface area contributed by atoms with E-state index in [-0.39, 0.29) is 17.3 Å². The van der Waals surface area contributed by atoms with Gasteiger partial charge in [-0.25, -0.2) is 12.4 Å². The fourth-order valence-electron chi connectivity index (χ4n) is 3.15. The Kier molecular flexibility index (Phi) is 3.85. The van der Waals surface area contributed by atoms with Gasteiger partial charge in [0, 0.05) is 41.2 Å². The number of amides is 1. The topological polar surface area (TPSA) is 102 Å². The van der Waals surface area contributed by atoms with Crippen LogP contribution in [0.5, 0.6) is 11.5 Å². The maximum atomic E-state index is 12.9. The van der Waals surface area contributed by atoms with E-state index >= 15 is 0 Å². The van der Waals surface area contributed by atoms with E-state index in [1.807, 2.05) is 0 Å². The van der Waals surface area contributed by atoms with Crippen molar-refractivity contribution in [3.63, 3.8) is 0 Å². The van der Waals surface area contributed by atoms with Crippen LogP contribution in [0.25, 0.3) is 10.9 Å². The number of hydrogen-bond donors (Lipinski definition) is 2. The molecule has 0 spiro atoms. The molecule has 1 aliphatic heterocycles. The molecular weight excluding hydrogens is 394 g/mol. The van der Waals surface area contributed by atoms with E-state index in [1.54, 1.807) is 42.6 Å². The Morgan fingerprint density at radius 2 is 1.90 bits per heavy atom. The zero-order chi connectivity index (χ0) is 20.0. The lowest BCUT2D eigenvalue weighted by atomic mass is 10.2. The number of aromatic amines is 1. The fourth-order valence-corrected chi connectivity index (χ4v) is 4.38. The van der Waals surface area contributed by atoms with Crippen molar-refractivity contribution in [1.29, 1.82) is 0 Å². The molecule has 0 bridgehead atoms. The van der Waals surface area contributed by atoms with E-state index in [9.17, 15) is 13.2 Å². The molecule has 5 rings (SSSR count). The van der Waals surface area contributed by atoms with Crippen LogP contribution in [0.4, 0.5) is 5.69 Å². The molecular formula is C20H15N3O5S. The number of ether oxygens (including phenoxy) is 2. The molecule has 2 N–H and O–H groups in total. The number of benzene rings is 2. The largest absolute Gasteiger partial charge is 0.454 e. The Morgan fingerprint density at radius 1 is 1.03 bits per heavy atom. The smallest absolute Gasteiger partial charge is 0.267 e. The summed E-state index contributed by atoms with van der Waals surface area (Å²) in [7, 11) is -3.82. The average molecular weight is 409 g/mol. The lowest BCUT2D eigenvalue weighted by Gasteiger charge is -2.06. The summed E-state index contributed by atoms with van der Waals surface area (Å²) in [6.45, 7) is 0.141. The Morgan fingerprint density at radius 3 is 2.79 bits per heavy atom. The number of carbonyl (C=O) groups is 1. The number of nitrogens with zero attached hydrogens (tertiary/aromatic N) is 1. The van der Waals surface area contributed by atoms with Gasteiger partial charge in [0.05, 0.1) is 10.5 Å². The van der Waals surface area contributed by atoms with E-state index in [2.05, 4.69) is 10.3 Å². The molecule has 4 aromatic rings. The van der Waals surface area contributed by atoms with Crippen LogP contribution in [0, 0.1) is 0 Å². The maximum absolute atomic E-state index is 12.9. The maximum Gasteiger partial charge on any atom is 0.267 e. The Balaban J connectivity index is 1.40. The average Bonchev–Trinajstić information content (AvgIpc) is 3.46. The number of carbonyl (C=O) groups excluding carboxylic acids is 1. The molecule has 8 nitrogen and oxygen atoms in total. The van der Waals surface area contributed by atoms with Crippen molar-refractivity contribution in [2.75, 3.05) is 12.1 Å².